The van der Waals surface area contributed by atoms with Crippen LogP contribution in [0.25, 0.3) is 0 Å². The van der Waals surface area contributed by atoms with E-state index >= 15 is 0 Å². The molecule has 3 N–H and O–H groups in total. The Morgan fingerprint density at radius 3 is 2.62 bits per heavy atom. The van der Waals surface area contributed by atoms with Crippen molar-refractivity contribution in [3.05, 3.63) is 11.9 Å². The van der Waals surface area contributed by atoms with Crippen LogP contribution in [0.2, 0.25) is 0 Å². The smallest absolute Gasteiger partial charge is 0.271 e. The highest BCUT2D eigenvalue weighted by Crippen LogP contribution is 2.10. The summed E-state index contributed by atoms with van der Waals surface area (Å²) in [4.78, 5) is 11.8. The van der Waals surface area contributed by atoms with Gasteiger partial charge in [0.25, 0.3) is 5.91 Å². The maximum Gasteiger partial charge on any atom is 0.271 e. The maximum absolute atomic E-state index is 11.8. The number of hydrogen-bond donors (Lipinski definition) is 2. The van der Waals surface area contributed by atoms with E-state index in [-0.39, 0.29) is 5.91 Å². The summed E-state index contributed by atoms with van der Waals surface area (Å²) in [6.07, 6.45) is 3.63. The number of carbonyl (C=O) groups is 1. The van der Waals surface area contributed by atoms with Crippen LogP contribution >= 0.6 is 0 Å². The van der Waals surface area contributed by atoms with Gasteiger partial charge in [-0.25, -0.2) is 0 Å². The molecule has 0 aliphatic heterocycles. The molecule has 1 aromatic heterocycles. The highest BCUT2D eigenvalue weighted by Gasteiger charge is 2.15. The minimum absolute atomic E-state index is 0.149. The van der Waals surface area contributed by atoms with E-state index in [2.05, 4.69) is 24.3 Å². The molecule has 1 aromatic rings. The number of anilines is 1. The van der Waals surface area contributed by atoms with Crippen molar-refractivity contribution in [1.82, 2.24) is 15.1 Å². The molecule has 1 rings (SSSR count). The van der Waals surface area contributed by atoms with Gasteiger partial charge in [0.1, 0.15) is 5.69 Å². The fourth-order valence-electron chi connectivity index (χ4n) is 1.63. The van der Waals surface area contributed by atoms with Gasteiger partial charge in [-0.15, -0.1) is 0 Å². The number of hydrogen-bond acceptors (Lipinski definition) is 3. The van der Waals surface area contributed by atoms with E-state index in [1.165, 1.54) is 10.9 Å². The average Bonchev–Trinajstić information content (AvgIpc) is 2.60. The third kappa shape index (κ3) is 2.74. The van der Waals surface area contributed by atoms with Crippen LogP contribution in [0.15, 0.2) is 6.20 Å². The SMILES string of the molecule is CCC(CC)CNC(=O)c1c(N)cnn1C. The Labute approximate surface area is 96.0 Å². The third-order valence-corrected chi connectivity index (χ3v) is 2.89. The molecule has 0 aromatic carbocycles. The zero-order valence-electron chi connectivity index (χ0n) is 10.2. The second-order valence-corrected chi connectivity index (χ2v) is 3.96. The van der Waals surface area contributed by atoms with Crippen LogP contribution in [0.4, 0.5) is 5.69 Å². The van der Waals surface area contributed by atoms with E-state index in [9.17, 15) is 4.79 Å². The molecule has 0 saturated carbocycles. The van der Waals surface area contributed by atoms with Crippen LogP contribution in [0.3, 0.4) is 0 Å². The summed E-state index contributed by atoms with van der Waals surface area (Å²) < 4.78 is 1.50. The maximum atomic E-state index is 11.8. The van der Waals surface area contributed by atoms with Gasteiger partial charge in [0.2, 0.25) is 0 Å². The third-order valence-electron chi connectivity index (χ3n) is 2.89. The van der Waals surface area contributed by atoms with Gasteiger partial charge >= 0.3 is 0 Å². The molecular weight excluding hydrogens is 204 g/mol. The first kappa shape index (κ1) is 12.5. The van der Waals surface area contributed by atoms with E-state index in [4.69, 9.17) is 5.73 Å². The lowest BCUT2D eigenvalue weighted by atomic mass is 10.0. The van der Waals surface area contributed by atoms with Gasteiger partial charge in [-0.3, -0.25) is 9.48 Å². The number of amides is 1. The highest BCUT2D eigenvalue weighted by atomic mass is 16.2. The van der Waals surface area contributed by atoms with Crippen LogP contribution < -0.4 is 11.1 Å². The number of nitrogens with one attached hydrogen (secondary N) is 1. The monoisotopic (exact) mass is 224 g/mol. The van der Waals surface area contributed by atoms with Crippen molar-refractivity contribution in [1.29, 1.82) is 0 Å². The minimum Gasteiger partial charge on any atom is -0.396 e. The summed E-state index contributed by atoms with van der Waals surface area (Å²) in [6, 6.07) is 0. The van der Waals surface area contributed by atoms with E-state index in [1.807, 2.05) is 0 Å². The number of nitrogens with two attached hydrogens (primary N) is 1. The number of rotatable bonds is 5. The largest absolute Gasteiger partial charge is 0.396 e. The highest BCUT2D eigenvalue weighted by molar-refractivity contribution is 5.97. The predicted molar refractivity (Wildman–Crippen MR) is 64.0 cm³/mol. The van der Waals surface area contributed by atoms with Crippen molar-refractivity contribution in [3.63, 3.8) is 0 Å². The summed E-state index contributed by atoms with van der Waals surface area (Å²) in [7, 11) is 1.71. The summed E-state index contributed by atoms with van der Waals surface area (Å²) in [5, 5.41) is 6.82. The zero-order chi connectivity index (χ0) is 12.1. The van der Waals surface area contributed by atoms with Crippen LogP contribution in [0.5, 0.6) is 0 Å². The molecule has 0 atom stereocenters. The molecule has 5 heteroatoms. The summed E-state index contributed by atoms with van der Waals surface area (Å²) in [5.41, 5.74) is 6.53. The molecule has 0 unspecified atom stereocenters. The molecule has 0 spiro atoms. The second kappa shape index (κ2) is 5.53. The van der Waals surface area contributed by atoms with E-state index < -0.39 is 0 Å². The first-order valence-electron chi connectivity index (χ1n) is 5.65. The van der Waals surface area contributed by atoms with Gasteiger partial charge in [-0.2, -0.15) is 5.10 Å². The molecule has 90 valence electrons. The Kier molecular flexibility index (Phi) is 4.34. The van der Waals surface area contributed by atoms with Crippen LogP contribution in [0.1, 0.15) is 37.2 Å². The van der Waals surface area contributed by atoms with Gasteiger partial charge in [0, 0.05) is 13.6 Å². The summed E-state index contributed by atoms with van der Waals surface area (Å²) >= 11 is 0. The van der Waals surface area contributed by atoms with E-state index in [1.54, 1.807) is 7.05 Å². The van der Waals surface area contributed by atoms with Crippen molar-refractivity contribution >= 4 is 11.6 Å². The summed E-state index contributed by atoms with van der Waals surface area (Å²) in [6.45, 7) is 4.94. The normalized spacial score (nSPS) is 10.8. The molecule has 0 aliphatic rings. The lowest BCUT2D eigenvalue weighted by Crippen LogP contribution is -2.30. The Bertz CT molecular complexity index is 335. The molecule has 16 heavy (non-hydrogen) atoms. The molecular formula is C11H20N4O. The Morgan fingerprint density at radius 2 is 2.19 bits per heavy atom. The quantitative estimate of drug-likeness (QED) is 0.788. The Hall–Kier alpha value is -1.52. The minimum atomic E-state index is -0.149. The van der Waals surface area contributed by atoms with Crippen molar-refractivity contribution in [3.8, 4) is 0 Å². The topological polar surface area (TPSA) is 72.9 Å². The van der Waals surface area contributed by atoms with Crippen molar-refractivity contribution < 1.29 is 4.79 Å². The number of nitrogens with zero attached hydrogens (tertiary/aromatic N) is 2. The lowest BCUT2D eigenvalue weighted by Gasteiger charge is -2.13. The average molecular weight is 224 g/mol. The molecule has 0 fully saturated rings. The zero-order valence-corrected chi connectivity index (χ0v) is 10.2. The molecule has 0 saturated heterocycles. The number of nitrogen functional groups attached to an aromatic ring is 1. The Morgan fingerprint density at radius 1 is 1.56 bits per heavy atom. The first-order valence-corrected chi connectivity index (χ1v) is 5.65. The molecule has 0 bridgehead atoms. The van der Waals surface area contributed by atoms with Gasteiger partial charge in [0.05, 0.1) is 11.9 Å². The van der Waals surface area contributed by atoms with E-state index in [0.29, 0.717) is 23.8 Å². The van der Waals surface area contributed by atoms with Crippen molar-refractivity contribution in [2.45, 2.75) is 26.7 Å². The molecule has 1 heterocycles. The molecule has 0 radical (unpaired) electrons. The van der Waals surface area contributed by atoms with Crippen LogP contribution in [0, 0.1) is 5.92 Å². The van der Waals surface area contributed by atoms with E-state index in [0.717, 1.165) is 12.8 Å². The fraction of sp³-hybridized carbons (Fsp3) is 0.636. The number of aryl methyl sites for hydroxylation is 1. The molecule has 0 aliphatic carbocycles. The second-order valence-electron chi connectivity index (χ2n) is 3.96. The van der Waals surface area contributed by atoms with Gasteiger partial charge in [0.15, 0.2) is 0 Å². The number of carbonyl (C=O) groups excluding carboxylic acids is 1. The van der Waals surface area contributed by atoms with Crippen LogP contribution in [-0.2, 0) is 7.05 Å². The van der Waals surface area contributed by atoms with Gasteiger partial charge in [-0.05, 0) is 5.92 Å². The van der Waals surface area contributed by atoms with Crippen LogP contribution in [-0.4, -0.2) is 22.2 Å². The number of aromatic nitrogens is 2. The lowest BCUT2D eigenvalue weighted by molar-refractivity contribution is 0.0938. The predicted octanol–water partition coefficient (Wildman–Crippen LogP) is 1.17. The first-order chi connectivity index (χ1) is 7.60. The molecule has 5 nitrogen and oxygen atoms in total. The molecule has 1 amide bonds. The van der Waals surface area contributed by atoms with Crippen molar-refractivity contribution in [2.75, 3.05) is 12.3 Å². The summed E-state index contributed by atoms with van der Waals surface area (Å²) in [5.74, 6) is 0.378. The van der Waals surface area contributed by atoms with Gasteiger partial charge in [-0.1, -0.05) is 26.7 Å². The Balaban J connectivity index is 2.59. The van der Waals surface area contributed by atoms with Crippen molar-refractivity contribution in [2.24, 2.45) is 13.0 Å². The van der Waals surface area contributed by atoms with Gasteiger partial charge < -0.3 is 11.1 Å². The standard InChI is InChI=1S/C11H20N4O/c1-4-8(5-2)6-13-11(16)10-9(12)7-14-15(10)3/h7-8H,4-6,12H2,1-3H3,(H,13,16). The fourth-order valence-corrected chi connectivity index (χ4v) is 1.63.